The number of benzene rings is 2. The monoisotopic (exact) mass is 292 g/mol. The van der Waals surface area contributed by atoms with E-state index in [9.17, 15) is 8.78 Å². The number of halogens is 2. The third-order valence-corrected chi connectivity index (χ3v) is 3.22. The lowest BCUT2D eigenvalue weighted by Gasteiger charge is -2.24. The molecular formula is C15H14F2N2S. The molecule has 0 amide bonds. The molecule has 2 aromatic rings. The maximum absolute atomic E-state index is 14.2. The van der Waals surface area contributed by atoms with Gasteiger partial charge in [0, 0.05) is 12.1 Å². The minimum atomic E-state index is -0.486. The Morgan fingerprint density at radius 3 is 2.30 bits per heavy atom. The molecule has 0 aliphatic carbocycles. The Morgan fingerprint density at radius 2 is 1.75 bits per heavy atom. The summed E-state index contributed by atoms with van der Waals surface area (Å²) < 4.78 is 28.0. The molecule has 2 N–H and O–H groups in total. The van der Waals surface area contributed by atoms with E-state index in [1.165, 1.54) is 12.1 Å². The Morgan fingerprint density at radius 1 is 1.10 bits per heavy atom. The van der Waals surface area contributed by atoms with E-state index in [-0.39, 0.29) is 10.7 Å². The molecule has 0 radical (unpaired) electrons. The van der Waals surface area contributed by atoms with Gasteiger partial charge >= 0.3 is 0 Å². The average Bonchev–Trinajstić information content (AvgIpc) is 2.43. The molecule has 0 spiro atoms. The Bertz CT molecular complexity index is 644. The van der Waals surface area contributed by atoms with Crippen molar-refractivity contribution in [2.24, 2.45) is 5.73 Å². The van der Waals surface area contributed by atoms with Crippen molar-refractivity contribution in [2.75, 3.05) is 11.4 Å². The van der Waals surface area contributed by atoms with Crippen molar-refractivity contribution < 1.29 is 8.78 Å². The van der Waals surface area contributed by atoms with Crippen molar-refractivity contribution in [3.05, 3.63) is 59.7 Å². The molecule has 20 heavy (non-hydrogen) atoms. The molecule has 0 saturated carbocycles. The summed E-state index contributed by atoms with van der Waals surface area (Å²) in [6.45, 7) is 2.26. The fraction of sp³-hybridized carbons (Fsp3) is 0.133. The lowest BCUT2D eigenvalue weighted by Crippen LogP contribution is -2.19. The highest BCUT2D eigenvalue weighted by Gasteiger charge is 2.16. The summed E-state index contributed by atoms with van der Waals surface area (Å²) in [5.41, 5.74) is 6.54. The first-order chi connectivity index (χ1) is 9.54. The Kier molecular flexibility index (Phi) is 4.29. The zero-order valence-electron chi connectivity index (χ0n) is 10.9. The van der Waals surface area contributed by atoms with Crippen molar-refractivity contribution in [1.29, 1.82) is 0 Å². The number of hydrogen-bond acceptors (Lipinski definition) is 2. The summed E-state index contributed by atoms with van der Waals surface area (Å²) in [5, 5.41) is 0. The van der Waals surface area contributed by atoms with E-state index in [2.05, 4.69) is 0 Å². The van der Waals surface area contributed by atoms with Crippen LogP contribution in [0.4, 0.5) is 20.2 Å². The zero-order chi connectivity index (χ0) is 14.7. The van der Waals surface area contributed by atoms with E-state index >= 15 is 0 Å². The number of hydrogen-bond donors (Lipinski definition) is 1. The van der Waals surface area contributed by atoms with Gasteiger partial charge in [-0.15, -0.1) is 0 Å². The van der Waals surface area contributed by atoms with Gasteiger partial charge in [-0.3, -0.25) is 0 Å². The molecular weight excluding hydrogens is 278 g/mol. The van der Waals surface area contributed by atoms with Crippen LogP contribution >= 0.6 is 12.2 Å². The van der Waals surface area contributed by atoms with E-state index in [4.69, 9.17) is 18.0 Å². The van der Waals surface area contributed by atoms with Gasteiger partial charge < -0.3 is 10.6 Å². The van der Waals surface area contributed by atoms with Gasteiger partial charge in [0.25, 0.3) is 0 Å². The SMILES string of the molecule is CCN(c1ccccc1F)c1ccc(C(N)=S)cc1F. The fourth-order valence-corrected chi connectivity index (χ4v) is 2.15. The van der Waals surface area contributed by atoms with Gasteiger partial charge in [0.05, 0.1) is 11.4 Å². The quantitative estimate of drug-likeness (QED) is 0.870. The van der Waals surface area contributed by atoms with Gasteiger partial charge in [-0.2, -0.15) is 0 Å². The smallest absolute Gasteiger partial charge is 0.147 e. The summed E-state index contributed by atoms with van der Waals surface area (Å²) in [4.78, 5) is 1.69. The molecule has 0 aliphatic heterocycles. The highest BCUT2D eigenvalue weighted by molar-refractivity contribution is 7.80. The molecule has 2 rings (SSSR count). The molecule has 0 heterocycles. The summed E-state index contributed by atoms with van der Waals surface area (Å²) in [6.07, 6.45) is 0. The lowest BCUT2D eigenvalue weighted by molar-refractivity contribution is 0.614. The zero-order valence-corrected chi connectivity index (χ0v) is 11.8. The van der Waals surface area contributed by atoms with E-state index < -0.39 is 11.6 Å². The molecule has 0 unspecified atom stereocenters. The second-order valence-corrected chi connectivity index (χ2v) is 4.67. The molecule has 2 aromatic carbocycles. The molecule has 0 aromatic heterocycles. The number of anilines is 2. The number of thiocarbonyl (C=S) groups is 1. The highest BCUT2D eigenvalue weighted by Crippen LogP contribution is 2.30. The van der Waals surface area contributed by atoms with Crippen LogP contribution in [-0.2, 0) is 0 Å². The predicted molar refractivity (Wildman–Crippen MR) is 81.4 cm³/mol. The Hall–Kier alpha value is -2.01. The molecule has 0 aliphatic rings. The molecule has 5 heteroatoms. The van der Waals surface area contributed by atoms with Gasteiger partial charge in [0.15, 0.2) is 0 Å². The highest BCUT2D eigenvalue weighted by atomic mass is 32.1. The molecule has 2 nitrogen and oxygen atoms in total. The molecule has 0 bridgehead atoms. The van der Waals surface area contributed by atoms with Gasteiger partial charge in [0.2, 0.25) is 0 Å². The van der Waals surface area contributed by atoms with Crippen molar-refractivity contribution in [1.82, 2.24) is 0 Å². The minimum absolute atomic E-state index is 0.129. The van der Waals surface area contributed by atoms with Gasteiger partial charge in [-0.1, -0.05) is 24.4 Å². The lowest BCUT2D eigenvalue weighted by atomic mass is 10.1. The second-order valence-electron chi connectivity index (χ2n) is 4.23. The van der Waals surface area contributed by atoms with E-state index in [1.54, 1.807) is 35.2 Å². The summed E-state index contributed by atoms with van der Waals surface area (Å²) in [6, 6.07) is 10.7. The number of nitrogens with two attached hydrogens (primary N) is 1. The maximum Gasteiger partial charge on any atom is 0.147 e. The van der Waals surface area contributed by atoms with Crippen molar-refractivity contribution in [2.45, 2.75) is 6.92 Å². The van der Waals surface area contributed by atoms with Crippen LogP contribution in [0.3, 0.4) is 0 Å². The number of nitrogens with zero attached hydrogens (tertiary/aromatic N) is 1. The standard InChI is InChI=1S/C15H14F2N2S/c1-2-19(13-6-4-3-5-11(13)16)14-8-7-10(15(18)20)9-12(14)17/h3-9H,2H2,1H3,(H2,18,20). The first-order valence-corrected chi connectivity index (χ1v) is 6.56. The van der Waals surface area contributed by atoms with Gasteiger partial charge in [0.1, 0.15) is 16.6 Å². The third-order valence-electron chi connectivity index (χ3n) is 2.98. The fourth-order valence-electron chi connectivity index (χ4n) is 2.02. The van der Waals surface area contributed by atoms with E-state index in [0.717, 1.165) is 0 Å². The average molecular weight is 292 g/mol. The van der Waals surface area contributed by atoms with Crippen LogP contribution in [-0.4, -0.2) is 11.5 Å². The predicted octanol–water partition coefficient (Wildman–Crippen LogP) is 3.76. The summed E-state index contributed by atoms with van der Waals surface area (Å²) >= 11 is 4.81. The molecule has 104 valence electrons. The van der Waals surface area contributed by atoms with Crippen LogP contribution in [0.15, 0.2) is 42.5 Å². The van der Waals surface area contributed by atoms with Crippen molar-refractivity contribution in [3.63, 3.8) is 0 Å². The summed E-state index contributed by atoms with van der Waals surface area (Å²) in [7, 11) is 0. The second kappa shape index (κ2) is 5.96. The van der Waals surface area contributed by atoms with E-state index in [1.807, 2.05) is 6.92 Å². The van der Waals surface area contributed by atoms with Crippen LogP contribution in [0.1, 0.15) is 12.5 Å². The first-order valence-electron chi connectivity index (χ1n) is 6.16. The van der Waals surface area contributed by atoms with Gasteiger partial charge in [-0.25, -0.2) is 8.78 Å². The summed E-state index contributed by atoms with van der Waals surface area (Å²) in [5.74, 6) is -0.882. The third kappa shape index (κ3) is 2.77. The van der Waals surface area contributed by atoms with Crippen LogP contribution in [0.5, 0.6) is 0 Å². The number of para-hydroxylation sites is 1. The van der Waals surface area contributed by atoms with E-state index in [0.29, 0.717) is 17.8 Å². The first kappa shape index (κ1) is 14.4. The van der Waals surface area contributed by atoms with Crippen LogP contribution in [0.25, 0.3) is 0 Å². The maximum atomic E-state index is 14.2. The minimum Gasteiger partial charge on any atom is -0.389 e. The molecule has 0 saturated heterocycles. The molecule has 0 atom stereocenters. The Balaban J connectivity index is 2.48. The molecule has 0 fully saturated rings. The van der Waals surface area contributed by atoms with Crippen LogP contribution in [0.2, 0.25) is 0 Å². The van der Waals surface area contributed by atoms with Crippen molar-refractivity contribution in [3.8, 4) is 0 Å². The largest absolute Gasteiger partial charge is 0.389 e. The number of rotatable bonds is 4. The van der Waals surface area contributed by atoms with Gasteiger partial charge in [-0.05, 0) is 37.3 Å². The van der Waals surface area contributed by atoms with Crippen LogP contribution in [0, 0.1) is 11.6 Å². The van der Waals surface area contributed by atoms with Crippen LogP contribution < -0.4 is 10.6 Å². The van der Waals surface area contributed by atoms with Crippen molar-refractivity contribution >= 4 is 28.6 Å². The normalized spacial score (nSPS) is 10.3. The topological polar surface area (TPSA) is 29.3 Å². The Labute approximate surface area is 121 Å².